The maximum atomic E-state index is 11.7. The molecule has 1 atom stereocenters. The van der Waals surface area contributed by atoms with E-state index in [0.717, 1.165) is 11.0 Å². The molecule has 4 aromatic rings. The summed E-state index contributed by atoms with van der Waals surface area (Å²) in [7, 11) is 0. The Bertz CT molecular complexity index is 1070. The largest absolute Gasteiger partial charge is 0.375 e. The van der Waals surface area contributed by atoms with Crippen LogP contribution in [0.3, 0.4) is 0 Å². The zero-order valence-corrected chi connectivity index (χ0v) is 16.2. The molecule has 5 heteroatoms. The predicted octanol–water partition coefficient (Wildman–Crippen LogP) is 5.05. The summed E-state index contributed by atoms with van der Waals surface area (Å²) in [6, 6.07) is 26.5. The number of hydrogen-bond acceptors (Lipinski definition) is 3. The van der Waals surface area contributed by atoms with E-state index < -0.39 is 5.60 Å². The summed E-state index contributed by atoms with van der Waals surface area (Å²) in [6.07, 6.45) is 1.82. The van der Waals surface area contributed by atoms with E-state index in [1.807, 2.05) is 97.9 Å². The molecule has 28 heavy (non-hydrogen) atoms. The Morgan fingerprint density at radius 2 is 1.46 bits per heavy atom. The third-order valence-corrected chi connectivity index (χ3v) is 5.28. The number of halogens is 1. The number of fused-ring (bicyclic) bond motifs is 1. The minimum atomic E-state index is -1.45. The summed E-state index contributed by atoms with van der Waals surface area (Å²) < 4.78 is 1.80. The van der Waals surface area contributed by atoms with Crippen LogP contribution in [0.2, 0.25) is 0 Å². The van der Waals surface area contributed by atoms with E-state index in [0.29, 0.717) is 16.2 Å². The van der Waals surface area contributed by atoms with E-state index in [4.69, 9.17) is 11.6 Å². The minimum Gasteiger partial charge on any atom is -0.375 e. The van der Waals surface area contributed by atoms with Gasteiger partial charge in [0.2, 0.25) is 0 Å². The van der Waals surface area contributed by atoms with Gasteiger partial charge in [-0.3, -0.25) is 0 Å². The molecule has 0 radical (unpaired) electrons. The van der Waals surface area contributed by atoms with Crippen molar-refractivity contribution in [3.63, 3.8) is 0 Å². The molecule has 0 bridgehead atoms. The molecule has 0 saturated carbocycles. The third-order valence-electron chi connectivity index (χ3n) is 4.88. The highest BCUT2D eigenvalue weighted by Gasteiger charge is 2.35. The summed E-state index contributed by atoms with van der Waals surface area (Å²) >= 11 is 6.77. The molecule has 1 heterocycles. The van der Waals surface area contributed by atoms with E-state index in [9.17, 15) is 5.11 Å². The number of rotatable bonds is 5. The fourth-order valence-corrected chi connectivity index (χ4v) is 3.79. The quantitative estimate of drug-likeness (QED) is 0.519. The van der Waals surface area contributed by atoms with E-state index in [2.05, 4.69) is 10.3 Å². The summed E-state index contributed by atoms with van der Waals surface area (Å²) in [5, 5.41) is 20.5. The van der Waals surface area contributed by atoms with Crippen molar-refractivity contribution in [3.05, 3.63) is 107 Å². The number of nitrogens with zero attached hydrogens (tertiary/aromatic N) is 3. The molecular weight excluding hydrogens is 370 g/mol. The van der Waals surface area contributed by atoms with Crippen molar-refractivity contribution in [1.82, 2.24) is 15.0 Å². The highest BCUT2D eigenvalue weighted by atomic mass is 35.5. The molecule has 0 fully saturated rings. The van der Waals surface area contributed by atoms with Gasteiger partial charge in [0.05, 0.1) is 16.6 Å². The Balaban J connectivity index is 1.80. The van der Waals surface area contributed by atoms with Crippen LogP contribution < -0.4 is 0 Å². The highest BCUT2D eigenvalue weighted by molar-refractivity contribution is 6.31. The number of aromatic nitrogens is 3. The topological polar surface area (TPSA) is 50.9 Å². The lowest BCUT2D eigenvalue weighted by molar-refractivity contribution is 0.128. The van der Waals surface area contributed by atoms with E-state index >= 15 is 0 Å². The van der Waals surface area contributed by atoms with Crippen molar-refractivity contribution >= 4 is 22.6 Å². The molecular formula is C23H20ClN3O. The first-order chi connectivity index (χ1) is 13.6. The van der Waals surface area contributed by atoms with Crippen LogP contribution in [0.4, 0.5) is 0 Å². The van der Waals surface area contributed by atoms with Gasteiger partial charge in [-0.05, 0) is 36.3 Å². The van der Waals surface area contributed by atoms with Gasteiger partial charge in [0.15, 0.2) is 5.60 Å². The summed E-state index contributed by atoms with van der Waals surface area (Å²) in [5.74, 6) is 0. The number of benzene rings is 3. The number of allylic oxidation sites excluding steroid dienone is 1. The van der Waals surface area contributed by atoms with Crippen molar-refractivity contribution in [1.29, 1.82) is 0 Å². The summed E-state index contributed by atoms with van der Waals surface area (Å²) in [4.78, 5) is 0. The predicted molar refractivity (Wildman–Crippen MR) is 112 cm³/mol. The second-order valence-corrected chi connectivity index (χ2v) is 7.13. The number of hydrogen-bond donors (Lipinski definition) is 1. The van der Waals surface area contributed by atoms with Gasteiger partial charge in [0.25, 0.3) is 0 Å². The fraction of sp³-hybridized carbons (Fsp3) is 0.130. The molecule has 1 N–H and O–H groups in total. The molecule has 4 rings (SSSR count). The first-order valence-corrected chi connectivity index (χ1v) is 9.49. The third kappa shape index (κ3) is 3.21. The Morgan fingerprint density at radius 3 is 2.07 bits per heavy atom. The van der Waals surface area contributed by atoms with E-state index in [1.165, 1.54) is 0 Å². The maximum absolute atomic E-state index is 11.7. The van der Waals surface area contributed by atoms with Gasteiger partial charge < -0.3 is 5.11 Å². The van der Waals surface area contributed by atoms with Crippen molar-refractivity contribution < 1.29 is 5.11 Å². The van der Waals surface area contributed by atoms with Gasteiger partial charge in [-0.1, -0.05) is 89.6 Å². The average molecular weight is 390 g/mol. The molecule has 3 aromatic carbocycles. The zero-order chi connectivity index (χ0) is 19.6. The second-order valence-electron chi connectivity index (χ2n) is 6.72. The lowest BCUT2D eigenvalue weighted by Gasteiger charge is -2.29. The second kappa shape index (κ2) is 7.58. The number of aliphatic hydroxyl groups is 1. The van der Waals surface area contributed by atoms with Crippen LogP contribution in [0.25, 0.3) is 11.0 Å². The van der Waals surface area contributed by atoms with Gasteiger partial charge in [0.1, 0.15) is 5.52 Å². The SMILES string of the molecule is CC(/C=C(\Cl)C(O)(c1ccccc1)c1ccccc1)n1nnc2ccccc21. The van der Waals surface area contributed by atoms with Crippen LogP contribution in [0.1, 0.15) is 24.1 Å². The molecule has 0 aliphatic carbocycles. The Morgan fingerprint density at radius 1 is 0.929 bits per heavy atom. The van der Waals surface area contributed by atoms with Gasteiger partial charge in [-0.25, -0.2) is 4.68 Å². The smallest absolute Gasteiger partial charge is 0.150 e. The lowest BCUT2D eigenvalue weighted by Crippen LogP contribution is -2.28. The van der Waals surface area contributed by atoms with E-state index in [1.54, 1.807) is 4.68 Å². The fourth-order valence-electron chi connectivity index (χ4n) is 3.39. The summed E-state index contributed by atoms with van der Waals surface area (Å²) in [5.41, 5.74) is 1.70. The van der Waals surface area contributed by atoms with E-state index in [-0.39, 0.29) is 6.04 Å². The molecule has 0 spiro atoms. The van der Waals surface area contributed by atoms with Crippen LogP contribution in [0.5, 0.6) is 0 Å². The van der Waals surface area contributed by atoms with Gasteiger partial charge >= 0.3 is 0 Å². The van der Waals surface area contributed by atoms with Crippen molar-refractivity contribution in [2.24, 2.45) is 0 Å². The number of para-hydroxylation sites is 1. The first kappa shape index (κ1) is 18.4. The molecule has 0 aliphatic heterocycles. The molecule has 0 amide bonds. The molecule has 4 nitrogen and oxygen atoms in total. The molecule has 1 aromatic heterocycles. The van der Waals surface area contributed by atoms with Gasteiger partial charge in [0, 0.05) is 0 Å². The highest BCUT2D eigenvalue weighted by Crippen LogP contribution is 2.39. The van der Waals surface area contributed by atoms with Crippen LogP contribution in [0.15, 0.2) is 96.0 Å². The van der Waals surface area contributed by atoms with Crippen molar-refractivity contribution in [3.8, 4) is 0 Å². The van der Waals surface area contributed by atoms with Gasteiger partial charge in [-0.15, -0.1) is 5.10 Å². The van der Waals surface area contributed by atoms with Crippen LogP contribution in [-0.4, -0.2) is 20.1 Å². The average Bonchev–Trinajstić information content (AvgIpc) is 3.18. The molecule has 140 valence electrons. The normalized spacial score (nSPS) is 13.6. The maximum Gasteiger partial charge on any atom is 0.150 e. The monoisotopic (exact) mass is 389 g/mol. The van der Waals surface area contributed by atoms with Gasteiger partial charge in [-0.2, -0.15) is 0 Å². The van der Waals surface area contributed by atoms with Crippen LogP contribution in [-0.2, 0) is 5.60 Å². The molecule has 0 saturated heterocycles. The Kier molecular flexibility index (Phi) is 4.99. The van der Waals surface area contributed by atoms with Crippen molar-refractivity contribution in [2.45, 2.75) is 18.6 Å². The Hall–Kier alpha value is -2.95. The molecule has 1 unspecified atom stereocenters. The minimum absolute atomic E-state index is 0.196. The molecule has 0 aliphatic rings. The lowest BCUT2D eigenvalue weighted by atomic mass is 9.85. The Labute approximate surface area is 168 Å². The zero-order valence-electron chi connectivity index (χ0n) is 15.4. The summed E-state index contributed by atoms with van der Waals surface area (Å²) in [6.45, 7) is 1.97. The van der Waals surface area contributed by atoms with Crippen LogP contribution in [0, 0.1) is 0 Å². The standard InChI is InChI=1S/C23H20ClN3O/c1-17(27-21-15-9-8-14-20(21)25-26-27)16-22(24)23(28,18-10-4-2-5-11-18)19-12-6-3-7-13-19/h2-17,28H,1H3/b22-16-. The van der Waals surface area contributed by atoms with Crippen molar-refractivity contribution in [2.75, 3.05) is 0 Å². The first-order valence-electron chi connectivity index (χ1n) is 9.12. The van der Waals surface area contributed by atoms with Crippen LogP contribution >= 0.6 is 11.6 Å².